The Morgan fingerprint density at radius 3 is 2.67 bits per heavy atom. The molecule has 7 nitrogen and oxygen atoms in total. The highest BCUT2D eigenvalue weighted by molar-refractivity contribution is 6.04. The predicted octanol–water partition coefficient (Wildman–Crippen LogP) is 2.78. The molecule has 2 atom stereocenters. The third-order valence-corrected chi connectivity index (χ3v) is 5.48. The molecule has 1 saturated heterocycles. The fraction of sp³-hybridized carbons (Fsp3) is 0.550. The lowest BCUT2D eigenvalue weighted by molar-refractivity contribution is -0.134. The lowest BCUT2D eigenvalue weighted by atomic mass is 9.92. The molecule has 0 aromatic carbocycles. The summed E-state index contributed by atoms with van der Waals surface area (Å²) in [5.41, 5.74) is 1.89. The van der Waals surface area contributed by atoms with Gasteiger partial charge in [0.25, 0.3) is 5.56 Å². The Balaban J connectivity index is 1.72. The largest absolute Gasteiger partial charge is 0.459 e. The molecule has 0 saturated carbocycles. The zero-order valence-electron chi connectivity index (χ0n) is 16.4. The smallest absolute Gasteiger partial charge is 0.291 e. The van der Waals surface area contributed by atoms with Crippen LogP contribution in [0.5, 0.6) is 0 Å². The van der Waals surface area contributed by atoms with E-state index in [9.17, 15) is 9.59 Å². The third kappa shape index (κ3) is 2.95. The number of aryl methyl sites for hydroxylation is 2. The molecule has 2 unspecified atom stereocenters. The summed E-state index contributed by atoms with van der Waals surface area (Å²) in [6, 6.07) is 1.93. The minimum Gasteiger partial charge on any atom is -0.459 e. The summed E-state index contributed by atoms with van der Waals surface area (Å²) in [7, 11) is 0. The molecule has 1 aliphatic rings. The van der Waals surface area contributed by atoms with Crippen molar-refractivity contribution in [3.8, 4) is 0 Å². The van der Waals surface area contributed by atoms with E-state index >= 15 is 0 Å². The standard InChI is InChI=1S/C20H26N4O3/c1-5-23-16-7-14(4)27-19(16)15-8-21-24(20(26)18(15)23)11-17(25)22-9-12(2)6-13(3)10-22/h7-8,12-13H,5-6,9-11H2,1-4H3. The highest BCUT2D eigenvalue weighted by atomic mass is 16.3. The fourth-order valence-corrected chi connectivity index (χ4v) is 4.46. The lowest BCUT2D eigenvalue weighted by Gasteiger charge is -2.35. The molecule has 0 spiro atoms. The predicted molar refractivity (Wildman–Crippen MR) is 104 cm³/mol. The van der Waals surface area contributed by atoms with E-state index in [1.807, 2.05) is 29.4 Å². The molecule has 1 fully saturated rings. The van der Waals surface area contributed by atoms with E-state index in [-0.39, 0.29) is 18.0 Å². The van der Waals surface area contributed by atoms with Gasteiger partial charge < -0.3 is 13.9 Å². The molecule has 0 radical (unpaired) electrons. The number of hydrogen-bond acceptors (Lipinski definition) is 4. The third-order valence-electron chi connectivity index (χ3n) is 5.48. The van der Waals surface area contributed by atoms with E-state index in [0.29, 0.717) is 34.9 Å². The molecule has 0 bridgehead atoms. The fourth-order valence-electron chi connectivity index (χ4n) is 4.46. The molecule has 1 amide bonds. The Bertz CT molecular complexity index is 1060. The minimum absolute atomic E-state index is 0.0243. The van der Waals surface area contributed by atoms with Crippen LogP contribution < -0.4 is 5.56 Å². The van der Waals surface area contributed by atoms with Gasteiger partial charge in [0.05, 0.1) is 17.1 Å². The molecule has 7 heteroatoms. The van der Waals surface area contributed by atoms with Crippen molar-refractivity contribution in [2.24, 2.45) is 11.8 Å². The molecule has 4 heterocycles. The van der Waals surface area contributed by atoms with Gasteiger partial charge in [-0.3, -0.25) is 9.59 Å². The number of hydrogen-bond donors (Lipinski definition) is 0. The van der Waals surface area contributed by atoms with Gasteiger partial charge in [0.2, 0.25) is 5.91 Å². The Kier molecular flexibility index (Phi) is 4.32. The van der Waals surface area contributed by atoms with Crippen LogP contribution in [-0.2, 0) is 17.9 Å². The second-order valence-electron chi connectivity index (χ2n) is 7.93. The molecule has 0 N–H and O–H groups in total. The van der Waals surface area contributed by atoms with Crippen LogP contribution >= 0.6 is 0 Å². The van der Waals surface area contributed by atoms with Gasteiger partial charge in [-0.1, -0.05) is 13.8 Å². The van der Waals surface area contributed by atoms with E-state index in [1.165, 1.54) is 4.68 Å². The van der Waals surface area contributed by atoms with Crippen molar-refractivity contribution >= 4 is 27.9 Å². The Hall–Kier alpha value is -2.57. The minimum atomic E-state index is -0.246. The number of likely N-dealkylation sites (tertiary alicyclic amines) is 1. The average molecular weight is 370 g/mol. The molecule has 3 aromatic rings. The number of carbonyl (C=O) groups excluding carboxylic acids is 1. The van der Waals surface area contributed by atoms with Gasteiger partial charge >= 0.3 is 0 Å². The van der Waals surface area contributed by atoms with E-state index in [2.05, 4.69) is 18.9 Å². The maximum absolute atomic E-state index is 13.1. The van der Waals surface area contributed by atoms with Crippen molar-refractivity contribution in [2.45, 2.75) is 47.2 Å². The summed E-state index contributed by atoms with van der Waals surface area (Å²) >= 11 is 0. The van der Waals surface area contributed by atoms with E-state index in [4.69, 9.17) is 4.42 Å². The van der Waals surface area contributed by atoms with Gasteiger partial charge in [-0.25, -0.2) is 4.68 Å². The summed E-state index contributed by atoms with van der Waals surface area (Å²) in [4.78, 5) is 27.7. The number of nitrogens with zero attached hydrogens (tertiary/aromatic N) is 4. The number of furan rings is 1. The van der Waals surface area contributed by atoms with Crippen LogP contribution in [0.3, 0.4) is 0 Å². The van der Waals surface area contributed by atoms with E-state index < -0.39 is 0 Å². The second-order valence-corrected chi connectivity index (χ2v) is 7.93. The topological polar surface area (TPSA) is 73.3 Å². The molecule has 4 rings (SSSR count). The van der Waals surface area contributed by atoms with Crippen LogP contribution in [0.25, 0.3) is 22.0 Å². The second kappa shape index (κ2) is 6.55. The number of fused-ring (bicyclic) bond motifs is 3. The zero-order valence-corrected chi connectivity index (χ0v) is 16.4. The first-order valence-electron chi connectivity index (χ1n) is 9.65. The molecule has 27 heavy (non-hydrogen) atoms. The SMILES string of the molecule is CCn1c2cc(C)oc2c2cnn(CC(=O)N3CC(C)CC(C)C3)c(=O)c21. The Labute approximate surface area is 157 Å². The number of aromatic nitrogens is 3. The summed E-state index contributed by atoms with van der Waals surface area (Å²) < 4.78 is 9.00. The van der Waals surface area contributed by atoms with Crippen molar-refractivity contribution < 1.29 is 9.21 Å². The van der Waals surface area contributed by atoms with Gasteiger partial charge in [-0.15, -0.1) is 0 Å². The van der Waals surface area contributed by atoms with Crippen LogP contribution in [0.15, 0.2) is 21.5 Å². The summed E-state index contributed by atoms with van der Waals surface area (Å²) in [5.74, 6) is 1.72. The van der Waals surface area contributed by atoms with Gasteiger partial charge in [-0.05, 0) is 32.1 Å². The van der Waals surface area contributed by atoms with Crippen molar-refractivity contribution in [1.29, 1.82) is 0 Å². The normalized spacial score (nSPS) is 20.7. The summed E-state index contributed by atoms with van der Waals surface area (Å²) in [6.45, 7) is 10.3. The Morgan fingerprint density at radius 2 is 2.00 bits per heavy atom. The van der Waals surface area contributed by atoms with Crippen LogP contribution in [-0.4, -0.2) is 38.2 Å². The van der Waals surface area contributed by atoms with Crippen molar-refractivity contribution in [2.75, 3.05) is 13.1 Å². The van der Waals surface area contributed by atoms with Crippen LogP contribution in [0.2, 0.25) is 0 Å². The van der Waals surface area contributed by atoms with Crippen LogP contribution in [0, 0.1) is 18.8 Å². The maximum atomic E-state index is 13.1. The van der Waals surface area contributed by atoms with Crippen molar-refractivity contribution in [3.05, 3.63) is 28.4 Å². The van der Waals surface area contributed by atoms with Crippen molar-refractivity contribution in [3.63, 3.8) is 0 Å². The van der Waals surface area contributed by atoms with Crippen LogP contribution in [0.4, 0.5) is 0 Å². The van der Waals surface area contributed by atoms with Crippen molar-refractivity contribution in [1.82, 2.24) is 19.2 Å². The molecular formula is C20H26N4O3. The lowest BCUT2D eigenvalue weighted by Crippen LogP contribution is -2.45. The molecule has 1 aliphatic heterocycles. The number of carbonyl (C=O) groups is 1. The molecule has 3 aromatic heterocycles. The maximum Gasteiger partial charge on any atom is 0.291 e. The number of rotatable bonds is 3. The van der Waals surface area contributed by atoms with Gasteiger partial charge in [-0.2, -0.15) is 5.10 Å². The first-order chi connectivity index (χ1) is 12.9. The van der Waals surface area contributed by atoms with Gasteiger partial charge in [0.15, 0.2) is 5.58 Å². The number of amides is 1. The first-order valence-corrected chi connectivity index (χ1v) is 9.65. The molecular weight excluding hydrogens is 344 g/mol. The van der Waals surface area contributed by atoms with Gasteiger partial charge in [0.1, 0.15) is 17.8 Å². The average Bonchev–Trinajstić information content (AvgIpc) is 3.11. The van der Waals surface area contributed by atoms with Gasteiger partial charge in [0, 0.05) is 25.7 Å². The first kappa shape index (κ1) is 17.8. The highest BCUT2D eigenvalue weighted by Gasteiger charge is 2.26. The molecule has 0 aliphatic carbocycles. The monoisotopic (exact) mass is 370 g/mol. The highest BCUT2D eigenvalue weighted by Crippen LogP contribution is 2.29. The Morgan fingerprint density at radius 1 is 1.30 bits per heavy atom. The van der Waals surface area contributed by atoms with E-state index in [1.54, 1.807) is 6.20 Å². The summed E-state index contributed by atoms with van der Waals surface area (Å²) in [5, 5.41) is 4.97. The quantitative estimate of drug-likeness (QED) is 0.711. The van der Waals surface area contributed by atoms with Crippen LogP contribution in [0.1, 0.15) is 33.0 Å². The molecule has 144 valence electrons. The van der Waals surface area contributed by atoms with E-state index in [0.717, 1.165) is 30.8 Å². The number of piperidine rings is 1. The summed E-state index contributed by atoms with van der Waals surface area (Å²) in [6.07, 6.45) is 2.78. The zero-order chi connectivity index (χ0) is 19.3.